The van der Waals surface area contributed by atoms with E-state index in [-0.39, 0.29) is 5.75 Å². The molecule has 0 amide bonds. The lowest BCUT2D eigenvalue weighted by Crippen LogP contribution is -2.27. The fourth-order valence-electron chi connectivity index (χ4n) is 2.19. The highest BCUT2D eigenvalue weighted by Crippen LogP contribution is 2.23. The molecule has 0 unspecified atom stereocenters. The van der Waals surface area contributed by atoms with Gasteiger partial charge in [0.25, 0.3) is 0 Å². The van der Waals surface area contributed by atoms with Gasteiger partial charge in [0.1, 0.15) is 5.52 Å². The number of nitrogens with zero attached hydrogens (tertiary/aromatic N) is 4. The largest absolute Gasteiger partial charge is 0.481 e. The summed E-state index contributed by atoms with van der Waals surface area (Å²) in [6.45, 7) is 8.00. The number of thioether (sulfide) groups is 1. The summed E-state index contributed by atoms with van der Waals surface area (Å²) in [7, 11) is 0. The van der Waals surface area contributed by atoms with Gasteiger partial charge < -0.3 is 14.6 Å². The second-order valence-corrected chi connectivity index (χ2v) is 5.56. The molecule has 0 aliphatic rings. The van der Waals surface area contributed by atoms with E-state index < -0.39 is 5.97 Å². The Morgan fingerprint density at radius 3 is 2.86 bits per heavy atom. The van der Waals surface area contributed by atoms with E-state index in [0.29, 0.717) is 0 Å². The van der Waals surface area contributed by atoms with Gasteiger partial charge >= 0.3 is 5.97 Å². The number of hydrogen-bond donors (Lipinski definition) is 1. The first-order valence-corrected chi connectivity index (χ1v) is 8.01. The van der Waals surface area contributed by atoms with Crippen LogP contribution in [0.2, 0.25) is 0 Å². The lowest BCUT2D eigenvalue weighted by atomic mass is 10.4. The zero-order valence-corrected chi connectivity index (χ0v) is 13.1. The number of rotatable bonds is 8. The summed E-state index contributed by atoms with van der Waals surface area (Å²) in [4.78, 5) is 21.7. The lowest BCUT2D eigenvalue weighted by Gasteiger charge is -2.19. The standard InChI is InChI=1S/C14H20N4O2S/c1-3-17(4-2)7-8-18-12-5-6-15-9-11(12)16-14(18)21-10-13(19)20/h5-6,9H,3-4,7-8,10H2,1-2H3,(H,19,20). The van der Waals surface area contributed by atoms with Gasteiger partial charge in [-0.1, -0.05) is 25.6 Å². The van der Waals surface area contributed by atoms with Gasteiger partial charge in [-0.15, -0.1) is 0 Å². The van der Waals surface area contributed by atoms with E-state index in [4.69, 9.17) is 5.11 Å². The molecule has 2 rings (SSSR count). The molecule has 114 valence electrons. The number of fused-ring (bicyclic) bond motifs is 1. The van der Waals surface area contributed by atoms with Gasteiger partial charge in [-0.05, 0) is 19.2 Å². The fraction of sp³-hybridized carbons (Fsp3) is 0.500. The second-order valence-electron chi connectivity index (χ2n) is 4.62. The van der Waals surface area contributed by atoms with Crippen LogP contribution in [0.4, 0.5) is 0 Å². The van der Waals surface area contributed by atoms with Gasteiger partial charge in [0.15, 0.2) is 5.16 Å². The number of pyridine rings is 1. The molecule has 7 heteroatoms. The minimum absolute atomic E-state index is 0.0159. The number of imidazole rings is 1. The van der Waals surface area contributed by atoms with E-state index >= 15 is 0 Å². The van der Waals surface area contributed by atoms with Gasteiger partial charge in [-0.2, -0.15) is 0 Å². The Bertz CT molecular complexity index is 610. The topological polar surface area (TPSA) is 71.2 Å². The molecule has 1 N–H and O–H groups in total. The second kappa shape index (κ2) is 7.42. The number of likely N-dealkylation sites (N-methyl/N-ethyl adjacent to an activating group) is 1. The summed E-state index contributed by atoms with van der Waals surface area (Å²) < 4.78 is 2.09. The van der Waals surface area contributed by atoms with Gasteiger partial charge in [0, 0.05) is 19.3 Å². The highest BCUT2D eigenvalue weighted by molar-refractivity contribution is 7.99. The van der Waals surface area contributed by atoms with Crippen LogP contribution in [0.1, 0.15) is 13.8 Å². The van der Waals surface area contributed by atoms with Crippen molar-refractivity contribution in [2.45, 2.75) is 25.5 Å². The first kappa shape index (κ1) is 15.8. The molecule has 2 aromatic rings. The number of hydrogen-bond acceptors (Lipinski definition) is 5. The van der Waals surface area contributed by atoms with Crippen molar-refractivity contribution in [3.05, 3.63) is 18.5 Å². The Morgan fingerprint density at radius 1 is 1.43 bits per heavy atom. The Kier molecular flexibility index (Phi) is 5.58. The molecule has 0 spiro atoms. The molecular weight excluding hydrogens is 288 g/mol. The molecule has 2 aromatic heterocycles. The summed E-state index contributed by atoms with van der Waals surface area (Å²) in [5, 5.41) is 9.60. The van der Waals surface area contributed by atoms with Gasteiger partial charge in [-0.25, -0.2) is 4.98 Å². The van der Waals surface area contributed by atoms with Crippen molar-refractivity contribution in [3.63, 3.8) is 0 Å². The molecule has 0 saturated carbocycles. The van der Waals surface area contributed by atoms with E-state index in [2.05, 4.69) is 33.3 Å². The molecular formula is C14H20N4O2S. The van der Waals surface area contributed by atoms with E-state index in [9.17, 15) is 4.79 Å². The maximum Gasteiger partial charge on any atom is 0.313 e. The molecule has 0 saturated heterocycles. The Balaban J connectivity index is 2.24. The number of carbonyl (C=O) groups is 1. The van der Waals surface area contributed by atoms with Crippen LogP contribution in [-0.4, -0.2) is 55.9 Å². The summed E-state index contributed by atoms with van der Waals surface area (Å²) in [6, 6.07) is 1.93. The molecule has 21 heavy (non-hydrogen) atoms. The summed E-state index contributed by atoms with van der Waals surface area (Å²) >= 11 is 1.25. The minimum Gasteiger partial charge on any atom is -0.481 e. The molecule has 0 atom stereocenters. The quantitative estimate of drug-likeness (QED) is 0.752. The molecule has 0 aliphatic heterocycles. The number of aromatic nitrogens is 3. The van der Waals surface area contributed by atoms with Crippen LogP contribution in [0.15, 0.2) is 23.6 Å². The number of carboxylic acids is 1. The highest BCUT2D eigenvalue weighted by Gasteiger charge is 2.13. The zero-order chi connectivity index (χ0) is 15.2. The van der Waals surface area contributed by atoms with Crippen molar-refractivity contribution in [2.75, 3.05) is 25.4 Å². The smallest absolute Gasteiger partial charge is 0.313 e. The molecule has 0 aliphatic carbocycles. The molecule has 0 bridgehead atoms. The Morgan fingerprint density at radius 2 is 2.19 bits per heavy atom. The van der Waals surface area contributed by atoms with E-state index in [1.54, 1.807) is 12.4 Å². The Labute approximate surface area is 128 Å². The first-order chi connectivity index (χ1) is 10.2. The van der Waals surface area contributed by atoms with Crippen molar-refractivity contribution < 1.29 is 9.90 Å². The molecule has 2 heterocycles. The van der Waals surface area contributed by atoms with Crippen LogP contribution in [0, 0.1) is 0 Å². The van der Waals surface area contributed by atoms with E-state index in [1.165, 1.54) is 11.8 Å². The van der Waals surface area contributed by atoms with Gasteiger partial charge in [0.2, 0.25) is 0 Å². The van der Waals surface area contributed by atoms with Crippen molar-refractivity contribution >= 4 is 28.8 Å². The third-order valence-corrected chi connectivity index (χ3v) is 4.34. The van der Waals surface area contributed by atoms with Crippen molar-refractivity contribution in [1.29, 1.82) is 0 Å². The van der Waals surface area contributed by atoms with Crippen molar-refractivity contribution in [1.82, 2.24) is 19.4 Å². The van der Waals surface area contributed by atoms with Crippen molar-refractivity contribution in [2.24, 2.45) is 0 Å². The normalized spacial score (nSPS) is 11.4. The van der Waals surface area contributed by atoms with Crippen molar-refractivity contribution in [3.8, 4) is 0 Å². The SMILES string of the molecule is CCN(CC)CCn1c(SCC(=O)O)nc2cnccc21. The molecule has 0 aromatic carbocycles. The van der Waals surface area contributed by atoms with Crippen LogP contribution in [0.25, 0.3) is 11.0 Å². The van der Waals surface area contributed by atoms with Gasteiger partial charge in [0.05, 0.1) is 17.5 Å². The average molecular weight is 308 g/mol. The van der Waals surface area contributed by atoms with Crippen LogP contribution in [-0.2, 0) is 11.3 Å². The van der Waals surface area contributed by atoms with Gasteiger partial charge in [-0.3, -0.25) is 9.78 Å². The predicted octanol–water partition coefficient (Wildman–Crippen LogP) is 1.95. The van der Waals surface area contributed by atoms with Crippen LogP contribution < -0.4 is 0 Å². The molecule has 0 fully saturated rings. The van der Waals surface area contributed by atoms with Crippen LogP contribution in [0.5, 0.6) is 0 Å². The van der Waals surface area contributed by atoms with Crippen LogP contribution >= 0.6 is 11.8 Å². The van der Waals surface area contributed by atoms with E-state index in [0.717, 1.165) is 42.4 Å². The number of aliphatic carboxylic acids is 1. The molecule has 0 radical (unpaired) electrons. The third kappa shape index (κ3) is 3.95. The third-order valence-electron chi connectivity index (χ3n) is 3.37. The average Bonchev–Trinajstić information content (AvgIpc) is 2.84. The number of carboxylic acid groups (broad SMARTS) is 1. The van der Waals surface area contributed by atoms with E-state index in [1.807, 2.05) is 6.07 Å². The Hall–Kier alpha value is -1.60. The summed E-state index contributed by atoms with van der Waals surface area (Å²) in [5.74, 6) is -0.817. The lowest BCUT2D eigenvalue weighted by molar-refractivity contribution is -0.133. The maximum absolute atomic E-state index is 10.8. The first-order valence-electron chi connectivity index (χ1n) is 7.02. The fourth-order valence-corrected chi connectivity index (χ4v) is 2.95. The van der Waals surface area contributed by atoms with Crippen LogP contribution in [0.3, 0.4) is 0 Å². The maximum atomic E-state index is 10.8. The predicted molar refractivity (Wildman–Crippen MR) is 83.7 cm³/mol. The molecule has 6 nitrogen and oxygen atoms in total. The monoisotopic (exact) mass is 308 g/mol. The summed E-state index contributed by atoms with van der Waals surface area (Å²) in [6.07, 6.45) is 3.46. The highest BCUT2D eigenvalue weighted by atomic mass is 32.2. The summed E-state index contributed by atoms with van der Waals surface area (Å²) in [5.41, 5.74) is 1.81. The zero-order valence-electron chi connectivity index (χ0n) is 12.3. The minimum atomic E-state index is -0.833.